The van der Waals surface area contributed by atoms with E-state index in [1.165, 1.54) is 11.6 Å². The van der Waals surface area contributed by atoms with Crippen molar-refractivity contribution in [2.75, 3.05) is 13.1 Å². The maximum Gasteiger partial charge on any atom is 0.227 e. The molecule has 2 aromatic rings. The fraction of sp³-hybridized carbons (Fsp3) is 0.278. The Hall–Kier alpha value is -2.16. The van der Waals surface area contributed by atoms with Crippen LogP contribution in [0.5, 0.6) is 0 Å². The van der Waals surface area contributed by atoms with Crippen LogP contribution in [0.2, 0.25) is 0 Å². The normalized spacial score (nSPS) is 10.4. The predicted octanol–water partition coefficient (Wildman–Crippen LogP) is 3.46. The Morgan fingerprint density at radius 1 is 1.05 bits per heavy atom. The van der Waals surface area contributed by atoms with Gasteiger partial charge in [0, 0.05) is 13.1 Å². The van der Waals surface area contributed by atoms with E-state index in [4.69, 9.17) is 0 Å². The molecular formula is C18H20FNO. The number of carbonyl (C=O) groups is 1. The number of nitrogens with zero attached hydrogens (tertiary/aromatic N) is 1. The summed E-state index contributed by atoms with van der Waals surface area (Å²) in [7, 11) is 0. The molecule has 0 aromatic heterocycles. The van der Waals surface area contributed by atoms with Crippen LogP contribution < -0.4 is 0 Å². The van der Waals surface area contributed by atoms with Crippen LogP contribution in [0.15, 0.2) is 54.6 Å². The summed E-state index contributed by atoms with van der Waals surface area (Å²) in [5.74, 6) is -0.344. The first-order chi connectivity index (χ1) is 10.2. The highest BCUT2D eigenvalue weighted by atomic mass is 19.1. The lowest BCUT2D eigenvalue weighted by molar-refractivity contribution is -0.130. The summed E-state index contributed by atoms with van der Waals surface area (Å²) in [6.07, 6.45) is 0.937. The van der Waals surface area contributed by atoms with Crippen LogP contribution in [0.1, 0.15) is 18.1 Å². The van der Waals surface area contributed by atoms with Crippen LogP contribution in [0.3, 0.4) is 0 Å². The molecular weight excluding hydrogens is 265 g/mol. The van der Waals surface area contributed by atoms with Crippen molar-refractivity contribution in [2.45, 2.75) is 19.8 Å². The fourth-order valence-electron chi connectivity index (χ4n) is 2.28. The molecule has 0 bridgehead atoms. The van der Waals surface area contributed by atoms with E-state index in [2.05, 4.69) is 12.1 Å². The minimum atomic E-state index is -0.315. The van der Waals surface area contributed by atoms with Gasteiger partial charge in [-0.1, -0.05) is 48.5 Å². The third-order valence-corrected chi connectivity index (χ3v) is 3.55. The van der Waals surface area contributed by atoms with Crippen LogP contribution in [-0.2, 0) is 17.6 Å². The molecule has 0 heterocycles. The molecule has 21 heavy (non-hydrogen) atoms. The number of rotatable bonds is 6. The Bertz CT molecular complexity index is 583. The van der Waals surface area contributed by atoms with Crippen molar-refractivity contribution >= 4 is 5.91 Å². The molecule has 0 saturated heterocycles. The second kappa shape index (κ2) is 7.58. The highest BCUT2D eigenvalue weighted by Gasteiger charge is 2.14. The summed E-state index contributed by atoms with van der Waals surface area (Å²) in [4.78, 5) is 14.1. The summed E-state index contributed by atoms with van der Waals surface area (Å²) < 4.78 is 13.6. The zero-order valence-electron chi connectivity index (χ0n) is 12.3. The molecule has 2 rings (SSSR count). The molecule has 0 radical (unpaired) electrons. The van der Waals surface area contributed by atoms with Gasteiger partial charge in [0.05, 0.1) is 6.42 Å². The lowest BCUT2D eigenvalue weighted by atomic mass is 10.1. The number of hydrogen-bond acceptors (Lipinski definition) is 1. The maximum absolute atomic E-state index is 13.6. The second-order valence-corrected chi connectivity index (χ2v) is 4.98. The van der Waals surface area contributed by atoms with Crippen molar-refractivity contribution in [3.63, 3.8) is 0 Å². The molecule has 0 saturated carbocycles. The number of likely N-dealkylation sites (N-methyl/N-ethyl adjacent to an activating group) is 1. The van der Waals surface area contributed by atoms with Gasteiger partial charge >= 0.3 is 0 Å². The average molecular weight is 285 g/mol. The molecule has 0 aliphatic heterocycles. The number of carbonyl (C=O) groups excluding carboxylic acids is 1. The van der Waals surface area contributed by atoms with Gasteiger partial charge in [-0.25, -0.2) is 4.39 Å². The molecule has 0 aliphatic rings. The minimum absolute atomic E-state index is 0.0291. The minimum Gasteiger partial charge on any atom is -0.342 e. The standard InChI is InChI=1S/C18H20FNO/c1-2-20(13-12-15-8-4-3-5-9-15)18(21)14-16-10-6-7-11-17(16)19/h3-11H,2,12-14H2,1H3. The average Bonchev–Trinajstić information content (AvgIpc) is 2.51. The van der Waals surface area contributed by atoms with E-state index in [1.807, 2.05) is 25.1 Å². The molecule has 0 aliphatic carbocycles. The number of halogens is 1. The molecule has 0 spiro atoms. The van der Waals surface area contributed by atoms with E-state index < -0.39 is 0 Å². The zero-order valence-corrected chi connectivity index (χ0v) is 12.3. The summed E-state index contributed by atoms with van der Waals surface area (Å²) in [6.45, 7) is 3.25. The zero-order chi connectivity index (χ0) is 15.1. The molecule has 110 valence electrons. The highest BCUT2D eigenvalue weighted by molar-refractivity contribution is 5.78. The fourth-order valence-corrected chi connectivity index (χ4v) is 2.28. The number of hydrogen-bond donors (Lipinski definition) is 0. The van der Waals surface area contributed by atoms with Crippen LogP contribution in [-0.4, -0.2) is 23.9 Å². The Morgan fingerprint density at radius 2 is 1.71 bits per heavy atom. The van der Waals surface area contributed by atoms with Crippen molar-refractivity contribution in [1.82, 2.24) is 4.90 Å². The van der Waals surface area contributed by atoms with Crippen LogP contribution in [0.4, 0.5) is 4.39 Å². The van der Waals surface area contributed by atoms with Gasteiger partial charge in [-0.05, 0) is 30.5 Å². The molecule has 0 N–H and O–H groups in total. The molecule has 0 atom stereocenters. The van der Waals surface area contributed by atoms with Crippen molar-refractivity contribution in [3.05, 3.63) is 71.5 Å². The Labute approximate surface area is 125 Å². The van der Waals surface area contributed by atoms with Gasteiger partial charge < -0.3 is 4.90 Å². The van der Waals surface area contributed by atoms with E-state index in [1.54, 1.807) is 23.1 Å². The van der Waals surface area contributed by atoms with Gasteiger partial charge in [0.1, 0.15) is 5.82 Å². The lowest BCUT2D eigenvalue weighted by Gasteiger charge is -2.21. The molecule has 3 heteroatoms. The topological polar surface area (TPSA) is 20.3 Å². The monoisotopic (exact) mass is 285 g/mol. The third-order valence-electron chi connectivity index (χ3n) is 3.55. The van der Waals surface area contributed by atoms with Crippen molar-refractivity contribution in [2.24, 2.45) is 0 Å². The van der Waals surface area contributed by atoms with E-state index in [0.29, 0.717) is 18.7 Å². The Balaban J connectivity index is 1.94. The first-order valence-corrected chi connectivity index (χ1v) is 7.25. The molecule has 0 unspecified atom stereocenters. The molecule has 2 nitrogen and oxygen atoms in total. The predicted molar refractivity (Wildman–Crippen MR) is 82.5 cm³/mol. The summed E-state index contributed by atoms with van der Waals surface area (Å²) in [5.41, 5.74) is 1.66. The van der Waals surface area contributed by atoms with Crippen LogP contribution in [0.25, 0.3) is 0 Å². The highest BCUT2D eigenvalue weighted by Crippen LogP contribution is 2.09. The molecule has 2 aromatic carbocycles. The van der Waals surface area contributed by atoms with Crippen molar-refractivity contribution < 1.29 is 9.18 Å². The van der Waals surface area contributed by atoms with E-state index in [9.17, 15) is 9.18 Å². The van der Waals surface area contributed by atoms with Crippen molar-refractivity contribution in [3.8, 4) is 0 Å². The molecule has 0 fully saturated rings. The summed E-state index contributed by atoms with van der Waals surface area (Å²) >= 11 is 0. The van der Waals surface area contributed by atoms with Crippen LogP contribution in [0, 0.1) is 5.82 Å². The lowest BCUT2D eigenvalue weighted by Crippen LogP contribution is -2.34. The summed E-state index contributed by atoms with van der Waals surface area (Å²) in [5, 5.41) is 0. The van der Waals surface area contributed by atoms with Crippen molar-refractivity contribution in [1.29, 1.82) is 0 Å². The Morgan fingerprint density at radius 3 is 2.38 bits per heavy atom. The molecule has 1 amide bonds. The first-order valence-electron chi connectivity index (χ1n) is 7.25. The quantitative estimate of drug-likeness (QED) is 0.796. The van der Waals surface area contributed by atoms with Gasteiger partial charge in [0.2, 0.25) is 5.91 Å². The van der Waals surface area contributed by atoms with Gasteiger partial charge in [-0.3, -0.25) is 4.79 Å². The van der Waals surface area contributed by atoms with Gasteiger partial charge in [0.25, 0.3) is 0 Å². The number of benzene rings is 2. The first kappa shape index (κ1) is 15.2. The van der Waals surface area contributed by atoms with Gasteiger partial charge in [-0.15, -0.1) is 0 Å². The van der Waals surface area contributed by atoms with Crippen LogP contribution >= 0.6 is 0 Å². The van der Waals surface area contributed by atoms with Gasteiger partial charge in [0.15, 0.2) is 0 Å². The smallest absolute Gasteiger partial charge is 0.227 e. The van der Waals surface area contributed by atoms with Gasteiger partial charge in [-0.2, -0.15) is 0 Å². The summed E-state index contributed by atoms with van der Waals surface area (Å²) in [6, 6.07) is 16.5. The third kappa shape index (κ3) is 4.42. The maximum atomic E-state index is 13.6. The van der Waals surface area contributed by atoms with E-state index >= 15 is 0 Å². The SMILES string of the molecule is CCN(CCc1ccccc1)C(=O)Cc1ccccc1F. The largest absolute Gasteiger partial charge is 0.342 e. The Kier molecular flexibility index (Phi) is 5.50. The second-order valence-electron chi connectivity index (χ2n) is 4.98. The van der Waals surface area contributed by atoms with E-state index in [-0.39, 0.29) is 18.1 Å². The number of amides is 1. The van der Waals surface area contributed by atoms with E-state index in [0.717, 1.165) is 6.42 Å².